The number of nitrogens with zero attached hydrogens (tertiary/aromatic N) is 1. The maximum absolute atomic E-state index is 12.9. The summed E-state index contributed by atoms with van der Waals surface area (Å²) in [5, 5.41) is 3.22. The lowest BCUT2D eigenvalue weighted by Gasteiger charge is -2.30. The lowest BCUT2D eigenvalue weighted by Crippen LogP contribution is -2.36. The molecular weight excluding hydrogens is 348 g/mol. The second-order valence-electron chi connectivity index (χ2n) is 7.93. The van der Waals surface area contributed by atoms with Crippen molar-refractivity contribution in [1.29, 1.82) is 0 Å². The molecule has 4 rings (SSSR count). The van der Waals surface area contributed by atoms with Crippen LogP contribution in [-0.2, 0) is 6.42 Å². The van der Waals surface area contributed by atoms with Crippen LogP contribution in [0.3, 0.4) is 0 Å². The van der Waals surface area contributed by atoms with Crippen LogP contribution in [0.5, 0.6) is 0 Å². The maximum atomic E-state index is 12.9. The van der Waals surface area contributed by atoms with Crippen LogP contribution in [0.25, 0.3) is 0 Å². The van der Waals surface area contributed by atoms with E-state index in [1.165, 1.54) is 25.7 Å². The Labute approximate surface area is 166 Å². The van der Waals surface area contributed by atoms with Gasteiger partial charge in [0, 0.05) is 29.4 Å². The summed E-state index contributed by atoms with van der Waals surface area (Å²) >= 11 is 0. The first-order valence-electron chi connectivity index (χ1n) is 10.5. The number of amides is 2. The van der Waals surface area contributed by atoms with Gasteiger partial charge in [-0.25, -0.2) is 0 Å². The molecule has 0 atom stereocenters. The molecular formula is C24H28N2O2. The summed E-state index contributed by atoms with van der Waals surface area (Å²) in [5.41, 5.74) is 3.43. The molecule has 2 amide bonds. The fourth-order valence-corrected chi connectivity index (χ4v) is 4.38. The van der Waals surface area contributed by atoms with Gasteiger partial charge in [0.15, 0.2) is 0 Å². The standard InChI is InChI=1S/C24H28N2O2/c27-23(25-21-12-6-1-2-7-13-21)20-14-15-22-19(17-20)11-8-16-26(22)24(28)18-9-4-3-5-10-18/h3-5,9-10,14-15,17,21H,1-2,6-8,11-13,16H2,(H,25,27). The van der Waals surface area contributed by atoms with Gasteiger partial charge in [0.25, 0.3) is 11.8 Å². The van der Waals surface area contributed by atoms with Crippen molar-refractivity contribution in [3.05, 3.63) is 65.2 Å². The lowest BCUT2D eigenvalue weighted by molar-refractivity contribution is 0.0932. The van der Waals surface area contributed by atoms with Crippen LogP contribution in [0.2, 0.25) is 0 Å². The van der Waals surface area contributed by atoms with E-state index in [9.17, 15) is 9.59 Å². The predicted molar refractivity (Wildman–Crippen MR) is 112 cm³/mol. The third-order valence-corrected chi connectivity index (χ3v) is 5.92. The molecule has 0 bridgehead atoms. The van der Waals surface area contributed by atoms with E-state index < -0.39 is 0 Å². The number of anilines is 1. The fraction of sp³-hybridized carbons (Fsp3) is 0.417. The van der Waals surface area contributed by atoms with Crippen molar-refractivity contribution in [1.82, 2.24) is 5.32 Å². The SMILES string of the molecule is O=C(NC1CCCCCC1)c1ccc2c(c1)CCCN2C(=O)c1ccccc1. The van der Waals surface area contributed by atoms with Gasteiger partial charge in [-0.1, -0.05) is 43.9 Å². The van der Waals surface area contributed by atoms with E-state index in [0.29, 0.717) is 23.7 Å². The molecule has 28 heavy (non-hydrogen) atoms. The first-order valence-corrected chi connectivity index (χ1v) is 10.5. The minimum Gasteiger partial charge on any atom is -0.349 e. The van der Waals surface area contributed by atoms with Crippen molar-refractivity contribution >= 4 is 17.5 Å². The highest BCUT2D eigenvalue weighted by Gasteiger charge is 2.25. The Morgan fingerprint density at radius 1 is 0.857 bits per heavy atom. The fourth-order valence-electron chi connectivity index (χ4n) is 4.38. The monoisotopic (exact) mass is 376 g/mol. The van der Waals surface area contributed by atoms with Gasteiger partial charge in [-0.3, -0.25) is 9.59 Å². The third-order valence-electron chi connectivity index (χ3n) is 5.92. The van der Waals surface area contributed by atoms with Crippen molar-refractivity contribution in [3.8, 4) is 0 Å². The van der Waals surface area contributed by atoms with Gasteiger partial charge in [0.1, 0.15) is 0 Å². The molecule has 1 fully saturated rings. The summed E-state index contributed by atoms with van der Waals surface area (Å²) < 4.78 is 0. The Kier molecular flexibility index (Phi) is 5.75. The molecule has 0 radical (unpaired) electrons. The highest BCUT2D eigenvalue weighted by atomic mass is 16.2. The molecule has 2 aliphatic rings. The molecule has 2 aromatic rings. The highest BCUT2D eigenvalue weighted by Crippen LogP contribution is 2.29. The van der Waals surface area contributed by atoms with Crippen molar-refractivity contribution in [2.75, 3.05) is 11.4 Å². The minimum atomic E-state index is 0.0150. The van der Waals surface area contributed by atoms with Crippen LogP contribution in [-0.4, -0.2) is 24.4 Å². The largest absolute Gasteiger partial charge is 0.349 e. The van der Waals surface area contributed by atoms with Crippen LogP contribution in [0, 0.1) is 0 Å². The average molecular weight is 377 g/mol. The molecule has 0 spiro atoms. The highest BCUT2D eigenvalue weighted by molar-refractivity contribution is 6.07. The molecule has 1 aliphatic carbocycles. The number of hydrogen-bond donors (Lipinski definition) is 1. The van der Waals surface area contributed by atoms with Crippen molar-refractivity contribution in [2.24, 2.45) is 0 Å². The predicted octanol–water partition coefficient (Wildman–Crippen LogP) is 4.73. The maximum Gasteiger partial charge on any atom is 0.258 e. The smallest absolute Gasteiger partial charge is 0.258 e. The Balaban J connectivity index is 1.51. The summed E-state index contributed by atoms with van der Waals surface area (Å²) in [6.45, 7) is 0.717. The van der Waals surface area contributed by atoms with Crippen LogP contribution >= 0.6 is 0 Å². The second-order valence-corrected chi connectivity index (χ2v) is 7.93. The molecule has 1 heterocycles. The van der Waals surface area contributed by atoms with E-state index in [2.05, 4.69) is 5.32 Å². The van der Waals surface area contributed by atoms with Gasteiger partial charge in [-0.2, -0.15) is 0 Å². The molecule has 4 nitrogen and oxygen atoms in total. The third kappa shape index (κ3) is 4.11. The van der Waals surface area contributed by atoms with Crippen LogP contribution in [0.4, 0.5) is 5.69 Å². The number of benzene rings is 2. The second kappa shape index (κ2) is 8.59. The molecule has 4 heteroatoms. The van der Waals surface area contributed by atoms with E-state index in [-0.39, 0.29) is 11.8 Å². The molecule has 146 valence electrons. The number of aryl methyl sites for hydroxylation is 1. The van der Waals surface area contributed by atoms with E-state index >= 15 is 0 Å². The average Bonchev–Trinajstić information content (AvgIpc) is 3.01. The van der Waals surface area contributed by atoms with Gasteiger partial charge < -0.3 is 10.2 Å². The Hall–Kier alpha value is -2.62. The zero-order valence-electron chi connectivity index (χ0n) is 16.3. The lowest BCUT2D eigenvalue weighted by atomic mass is 9.97. The Morgan fingerprint density at radius 3 is 2.36 bits per heavy atom. The topological polar surface area (TPSA) is 49.4 Å². The molecule has 1 aliphatic heterocycles. The zero-order chi connectivity index (χ0) is 19.3. The number of rotatable bonds is 3. The molecule has 2 aromatic carbocycles. The Bertz CT molecular complexity index is 839. The number of carbonyl (C=O) groups excluding carboxylic acids is 2. The normalized spacial score (nSPS) is 17.5. The number of hydrogen-bond acceptors (Lipinski definition) is 2. The summed E-state index contributed by atoms with van der Waals surface area (Å²) in [4.78, 5) is 27.5. The van der Waals surface area contributed by atoms with Gasteiger partial charge >= 0.3 is 0 Å². The zero-order valence-corrected chi connectivity index (χ0v) is 16.3. The van der Waals surface area contributed by atoms with Crippen molar-refractivity contribution in [2.45, 2.75) is 57.4 Å². The molecule has 0 aromatic heterocycles. The van der Waals surface area contributed by atoms with Crippen LogP contribution < -0.4 is 10.2 Å². The molecule has 0 unspecified atom stereocenters. The van der Waals surface area contributed by atoms with Gasteiger partial charge in [-0.05, 0) is 61.6 Å². The van der Waals surface area contributed by atoms with E-state index in [1.807, 2.05) is 53.4 Å². The first kappa shape index (κ1) is 18.7. The Morgan fingerprint density at radius 2 is 1.61 bits per heavy atom. The quantitative estimate of drug-likeness (QED) is 0.787. The van der Waals surface area contributed by atoms with E-state index in [4.69, 9.17) is 0 Å². The van der Waals surface area contributed by atoms with Gasteiger partial charge in [0.2, 0.25) is 0 Å². The molecule has 1 N–H and O–H groups in total. The van der Waals surface area contributed by atoms with Crippen LogP contribution in [0.1, 0.15) is 71.2 Å². The van der Waals surface area contributed by atoms with E-state index in [0.717, 1.165) is 36.9 Å². The number of carbonyl (C=O) groups is 2. The summed E-state index contributed by atoms with van der Waals surface area (Å²) in [6, 6.07) is 15.5. The number of fused-ring (bicyclic) bond motifs is 1. The minimum absolute atomic E-state index is 0.0150. The summed E-state index contributed by atoms with van der Waals surface area (Å²) in [5.74, 6) is 0.0402. The van der Waals surface area contributed by atoms with Gasteiger partial charge in [0.05, 0.1) is 0 Å². The first-order chi connectivity index (χ1) is 13.7. The van der Waals surface area contributed by atoms with Crippen molar-refractivity contribution < 1.29 is 9.59 Å². The summed E-state index contributed by atoms with van der Waals surface area (Å²) in [7, 11) is 0. The molecule has 0 saturated heterocycles. The van der Waals surface area contributed by atoms with Crippen molar-refractivity contribution in [3.63, 3.8) is 0 Å². The van der Waals surface area contributed by atoms with E-state index in [1.54, 1.807) is 0 Å². The van der Waals surface area contributed by atoms with Crippen LogP contribution in [0.15, 0.2) is 48.5 Å². The summed E-state index contributed by atoms with van der Waals surface area (Å²) in [6.07, 6.45) is 8.92. The molecule has 1 saturated carbocycles. The van der Waals surface area contributed by atoms with Gasteiger partial charge in [-0.15, -0.1) is 0 Å². The number of nitrogens with one attached hydrogen (secondary N) is 1.